The van der Waals surface area contributed by atoms with Gasteiger partial charge in [-0.15, -0.1) is 0 Å². The van der Waals surface area contributed by atoms with Crippen LogP contribution in [-0.4, -0.2) is 23.6 Å². The highest BCUT2D eigenvalue weighted by Gasteiger charge is 2.03. The third-order valence-electron chi connectivity index (χ3n) is 2.32. The molecule has 0 aromatic heterocycles. The molecule has 0 heterocycles. The zero-order valence-corrected chi connectivity index (χ0v) is 11.4. The molecular weight excluding hydrogens is 252 g/mol. The van der Waals surface area contributed by atoms with E-state index in [-0.39, 0.29) is 17.7 Å². The van der Waals surface area contributed by atoms with Crippen LogP contribution in [0.3, 0.4) is 0 Å². The number of aromatic hydroxyl groups is 1. The molecule has 0 unspecified atom stereocenters. The SMILES string of the molecule is CC(C)NC(=O)CCNCc1ccc(O)c(Cl)c1. The van der Waals surface area contributed by atoms with Crippen LogP contribution in [0.2, 0.25) is 5.02 Å². The van der Waals surface area contributed by atoms with Crippen molar-refractivity contribution in [1.82, 2.24) is 10.6 Å². The maximum atomic E-state index is 11.4. The van der Waals surface area contributed by atoms with Crippen LogP contribution in [0, 0.1) is 0 Å². The van der Waals surface area contributed by atoms with Crippen LogP contribution < -0.4 is 10.6 Å². The van der Waals surface area contributed by atoms with Crippen LogP contribution in [0.15, 0.2) is 18.2 Å². The van der Waals surface area contributed by atoms with E-state index in [1.165, 1.54) is 0 Å². The smallest absolute Gasteiger partial charge is 0.221 e. The summed E-state index contributed by atoms with van der Waals surface area (Å²) in [6, 6.07) is 5.24. The highest BCUT2D eigenvalue weighted by Crippen LogP contribution is 2.23. The summed E-state index contributed by atoms with van der Waals surface area (Å²) in [4.78, 5) is 11.4. The lowest BCUT2D eigenvalue weighted by Gasteiger charge is -2.09. The Bertz CT molecular complexity index is 408. The van der Waals surface area contributed by atoms with Gasteiger partial charge in [-0.2, -0.15) is 0 Å². The maximum absolute atomic E-state index is 11.4. The van der Waals surface area contributed by atoms with Crippen LogP contribution in [0.4, 0.5) is 0 Å². The van der Waals surface area contributed by atoms with Gasteiger partial charge < -0.3 is 15.7 Å². The lowest BCUT2D eigenvalue weighted by atomic mass is 10.2. The fraction of sp³-hybridized carbons (Fsp3) is 0.462. The first-order chi connectivity index (χ1) is 8.49. The quantitative estimate of drug-likeness (QED) is 0.694. The first-order valence-electron chi connectivity index (χ1n) is 5.96. The number of phenols is 1. The number of benzene rings is 1. The minimum Gasteiger partial charge on any atom is -0.506 e. The van der Waals surface area contributed by atoms with Gasteiger partial charge in [0.05, 0.1) is 5.02 Å². The number of amides is 1. The summed E-state index contributed by atoms with van der Waals surface area (Å²) in [5.41, 5.74) is 0.974. The summed E-state index contributed by atoms with van der Waals surface area (Å²) >= 11 is 5.79. The van der Waals surface area contributed by atoms with E-state index in [1.807, 2.05) is 13.8 Å². The van der Waals surface area contributed by atoms with Crippen molar-refractivity contribution in [3.05, 3.63) is 28.8 Å². The highest BCUT2D eigenvalue weighted by molar-refractivity contribution is 6.32. The van der Waals surface area contributed by atoms with E-state index in [0.717, 1.165) is 5.56 Å². The number of nitrogens with one attached hydrogen (secondary N) is 2. The van der Waals surface area contributed by atoms with Gasteiger partial charge in [-0.1, -0.05) is 17.7 Å². The second-order valence-electron chi connectivity index (χ2n) is 4.43. The summed E-state index contributed by atoms with van der Waals surface area (Å²) in [6.45, 7) is 5.10. The molecule has 0 fully saturated rings. The molecule has 0 saturated heterocycles. The van der Waals surface area contributed by atoms with E-state index in [4.69, 9.17) is 11.6 Å². The topological polar surface area (TPSA) is 61.4 Å². The van der Waals surface area contributed by atoms with E-state index in [1.54, 1.807) is 18.2 Å². The van der Waals surface area contributed by atoms with Crippen molar-refractivity contribution in [2.75, 3.05) is 6.54 Å². The second kappa shape index (κ2) is 7.24. The Morgan fingerprint density at radius 2 is 2.17 bits per heavy atom. The minimum absolute atomic E-state index is 0.0428. The van der Waals surface area contributed by atoms with Gasteiger partial charge in [-0.05, 0) is 31.5 Å². The monoisotopic (exact) mass is 270 g/mol. The Labute approximate surface area is 112 Å². The average Bonchev–Trinajstić information content (AvgIpc) is 2.28. The summed E-state index contributed by atoms with van der Waals surface area (Å²) in [7, 11) is 0. The summed E-state index contributed by atoms with van der Waals surface area (Å²) in [6.07, 6.45) is 0.448. The van der Waals surface area contributed by atoms with Crippen LogP contribution >= 0.6 is 11.6 Å². The van der Waals surface area contributed by atoms with Crippen molar-refractivity contribution in [3.63, 3.8) is 0 Å². The van der Waals surface area contributed by atoms with Crippen molar-refractivity contribution in [3.8, 4) is 5.75 Å². The van der Waals surface area contributed by atoms with Crippen molar-refractivity contribution in [2.45, 2.75) is 32.9 Å². The molecule has 1 aromatic rings. The molecule has 18 heavy (non-hydrogen) atoms. The number of rotatable bonds is 6. The normalized spacial score (nSPS) is 10.7. The van der Waals surface area contributed by atoms with Crippen molar-refractivity contribution in [2.24, 2.45) is 0 Å². The Balaban J connectivity index is 2.25. The predicted molar refractivity (Wildman–Crippen MR) is 72.7 cm³/mol. The zero-order valence-electron chi connectivity index (χ0n) is 10.7. The number of hydrogen-bond donors (Lipinski definition) is 3. The molecule has 0 aliphatic carbocycles. The van der Waals surface area contributed by atoms with E-state index in [0.29, 0.717) is 24.5 Å². The molecule has 5 heteroatoms. The fourth-order valence-electron chi connectivity index (χ4n) is 1.49. The van der Waals surface area contributed by atoms with E-state index in [9.17, 15) is 9.90 Å². The first kappa shape index (κ1) is 14.8. The summed E-state index contributed by atoms with van der Waals surface area (Å²) < 4.78 is 0. The average molecular weight is 271 g/mol. The highest BCUT2D eigenvalue weighted by atomic mass is 35.5. The van der Waals surface area contributed by atoms with Gasteiger partial charge in [0.15, 0.2) is 0 Å². The van der Waals surface area contributed by atoms with Gasteiger partial charge in [0.2, 0.25) is 5.91 Å². The largest absolute Gasteiger partial charge is 0.506 e. The molecular formula is C13H19ClN2O2. The van der Waals surface area contributed by atoms with Crippen LogP contribution in [0.25, 0.3) is 0 Å². The zero-order chi connectivity index (χ0) is 13.5. The molecule has 1 aromatic carbocycles. The van der Waals surface area contributed by atoms with Gasteiger partial charge in [0, 0.05) is 25.6 Å². The van der Waals surface area contributed by atoms with Gasteiger partial charge in [0.25, 0.3) is 0 Å². The molecule has 0 aliphatic rings. The second-order valence-corrected chi connectivity index (χ2v) is 4.84. The fourth-order valence-corrected chi connectivity index (χ4v) is 1.69. The van der Waals surface area contributed by atoms with Gasteiger partial charge in [-0.25, -0.2) is 0 Å². The molecule has 1 amide bonds. The third kappa shape index (κ3) is 5.38. The number of hydrogen-bond acceptors (Lipinski definition) is 3. The molecule has 3 N–H and O–H groups in total. The van der Waals surface area contributed by atoms with Crippen LogP contribution in [0.5, 0.6) is 5.75 Å². The van der Waals surface area contributed by atoms with Crippen LogP contribution in [0.1, 0.15) is 25.8 Å². The van der Waals surface area contributed by atoms with E-state index >= 15 is 0 Å². The van der Waals surface area contributed by atoms with E-state index in [2.05, 4.69) is 10.6 Å². The standard InChI is InChI=1S/C13H19ClN2O2/c1-9(2)16-13(18)5-6-15-8-10-3-4-12(17)11(14)7-10/h3-4,7,9,15,17H,5-6,8H2,1-2H3,(H,16,18). The van der Waals surface area contributed by atoms with E-state index < -0.39 is 0 Å². The van der Waals surface area contributed by atoms with Gasteiger partial charge in [-0.3, -0.25) is 4.79 Å². The molecule has 0 aliphatic heterocycles. The summed E-state index contributed by atoms with van der Waals surface area (Å²) in [5, 5.41) is 15.6. The van der Waals surface area contributed by atoms with Crippen molar-refractivity contribution in [1.29, 1.82) is 0 Å². The third-order valence-corrected chi connectivity index (χ3v) is 2.62. The van der Waals surface area contributed by atoms with Crippen molar-refractivity contribution >= 4 is 17.5 Å². The molecule has 0 atom stereocenters. The predicted octanol–water partition coefficient (Wildman–Crippen LogP) is 2.05. The Morgan fingerprint density at radius 1 is 1.44 bits per heavy atom. The number of carbonyl (C=O) groups excluding carboxylic acids is 1. The number of carbonyl (C=O) groups is 1. The minimum atomic E-state index is 0.0428. The van der Waals surface area contributed by atoms with Crippen LogP contribution in [-0.2, 0) is 11.3 Å². The van der Waals surface area contributed by atoms with Gasteiger partial charge in [0.1, 0.15) is 5.75 Å². The molecule has 0 spiro atoms. The molecule has 0 bridgehead atoms. The molecule has 0 radical (unpaired) electrons. The Morgan fingerprint density at radius 3 is 2.78 bits per heavy atom. The summed E-state index contributed by atoms with van der Waals surface area (Å²) in [5.74, 6) is 0.123. The molecule has 4 nitrogen and oxygen atoms in total. The maximum Gasteiger partial charge on any atom is 0.221 e. The first-order valence-corrected chi connectivity index (χ1v) is 6.34. The van der Waals surface area contributed by atoms with Gasteiger partial charge >= 0.3 is 0 Å². The Hall–Kier alpha value is -1.26. The molecule has 0 saturated carbocycles. The number of phenolic OH excluding ortho intramolecular Hbond substituents is 1. The molecule has 100 valence electrons. The number of halogens is 1. The Kier molecular flexibility index (Phi) is 5.95. The molecule has 1 rings (SSSR count). The lowest BCUT2D eigenvalue weighted by Crippen LogP contribution is -2.32. The lowest BCUT2D eigenvalue weighted by molar-refractivity contribution is -0.121. The van der Waals surface area contributed by atoms with Crippen molar-refractivity contribution < 1.29 is 9.90 Å².